The number of alkyl halides is 6. The molecular weight excluding hydrogens is 404 g/mol. The molecule has 0 saturated carbocycles. The molecule has 2 aromatic carbocycles. The molecule has 1 atom stereocenters. The van der Waals surface area contributed by atoms with Crippen LogP contribution in [0.25, 0.3) is 21.7 Å². The third kappa shape index (κ3) is 3.00. The quantitative estimate of drug-likeness (QED) is 0.432. The fourth-order valence-electron chi connectivity index (χ4n) is 3.69. The van der Waals surface area contributed by atoms with Gasteiger partial charge in [-0.05, 0) is 6.07 Å². The molecule has 1 unspecified atom stereocenters. The molecule has 1 aromatic heterocycles. The Morgan fingerprint density at radius 2 is 1.86 bits per heavy atom. The van der Waals surface area contributed by atoms with Gasteiger partial charge in [0.2, 0.25) is 0 Å². The van der Waals surface area contributed by atoms with Crippen LogP contribution in [0.1, 0.15) is 22.0 Å². The van der Waals surface area contributed by atoms with E-state index in [-0.39, 0.29) is 32.9 Å². The van der Waals surface area contributed by atoms with Crippen LogP contribution >= 0.6 is 0 Å². The van der Waals surface area contributed by atoms with Gasteiger partial charge in [0.1, 0.15) is 12.2 Å². The maximum absolute atomic E-state index is 13.4. The summed E-state index contributed by atoms with van der Waals surface area (Å²) in [7, 11) is 2.93. The third-order valence-electron chi connectivity index (χ3n) is 4.79. The molecule has 11 heteroatoms. The Hall–Kier alpha value is -2.82. The number of hydrogen-bond donors (Lipinski definition) is 0. The number of aryl methyl sites for hydroxylation is 1. The molecule has 0 N–H and O–H groups in total. The number of benzene rings is 2. The van der Waals surface area contributed by atoms with Gasteiger partial charge in [0.05, 0.1) is 5.69 Å². The molecular formula is C18H13F6N3O2. The number of carbonyl (C=O) groups excluding carboxylic acids is 1. The second kappa shape index (κ2) is 6.09. The van der Waals surface area contributed by atoms with Gasteiger partial charge in [-0.2, -0.15) is 31.4 Å². The lowest BCUT2D eigenvalue weighted by atomic mass is 9.91. The van der Waals surface area contributed by atoms with Crippen LogP contribution in [-0.2, 0) is 11.8 Å². The van der Waals surface area contributed by atoms with Crippen molar-refractivity contribution < 1.29 is 35.9 Å². The highest BCUT2D eigenvalue weighted by atomic mass is 19.4. The van der Waals surface area contributed by atoms with Gasteiger partial charge in [0, 0.05) is 47.6 Å². The van der Waals surface area contributed by atoms with Crippen LogP contribution in [0.5, 0.6) is 0 Å². The molecule has 0 saturated heterocycles. The Morgan fingerprint density at radius 3 is 2.48 bits per heavy atom. The van der Waals surface area contributed by atoms with Crippen molar-refractivity contribution in [2.24, 2.45) is 7.05 Å². The first kappa shape index (κ1) is 19.5. The number of halogens is 6. The molecule has 0 radical (unpaired) electrons. The molecule has 154 valence electrons. The van der Waals surface area contributed by atoms with Crippen LogP contribution in [0, 0.1) is 0 Å². The summed E-state index contributed by atoms with van der Waals surface area (Å²) >= 11 is 0. The second-order valence-corrected chi connectivity index (χ2v) is 6.83. The highest BCUT2D eigenvalue weighted by Gasteiger charge is 2.47. The summed E-state index contributed by atoms with van der Waals surface area (Å²) in [6.07, 6.45) is -10.8. The Labute approximate surface area is 159 Å². The largest absolute Gasteiger partial charge is 0.454 e. The number of fused-ring (bicyclic) bond motifs is 5. The Kier molecular flexibility index (Phi) is 4.09. The minimum atomic E-state index is -5.20. The zero-order chi connectivity index (χ0) is 21.3. The summed E-state index contributed by atoms with van der Waals surface area (Å²) in [5.41, 5.74) is -0.923. The second-order valence-electron chi connectivity index (χ2n) is 6.83. The number of ketones is 1. The number of anilines is 1. The molecule has 0 aliphatic carbocycles. The lowest BCUT2D eigenvalue weighted by Gasteiger charge is -2.35. The summed E-state index contributed by atoms with van der Waals surface area (Å²) in [6, 6.07) is 3.42. The van der Waals surface area contributed by atoms with Crippen LogP contribution < -0.4 is 4.90 Å². The molecule has 1 aliphatic heterocycles. The average molecular weight is 417 g/mol. The zero-order valence-corrected chi connectivity index (χ0v) is 15.0. The molecule has 2 heterocycles. The van der Waals surface area contributed by atoms with E-state index in [0.717, 1.165) is 12.1 Å². The van der Waals surface area contributed by atoms with Gasteiger partial charge in [-0.25, -0.2) is 0 Å². The Balaban J connectivity index is 2.16. The lowest BCUT2D eigenvalue weighted by molar-refractivity contribution is -0.225. The molecule has 29 heavy (non-hydrogen) atoms. The van der Waals surface area contributed by atoms with Crippen molar-refractivity contribution in [2.45, 2.75) is 18.5 Å². The summed E-state index contributed by atoms with van der Waals surface area (Å²) in [5.74, 6) is -2.13. The van der Waals surface area contributed by atoms with Crippen LogP contribution in [0.4, 0.5) is 32.0 Å². The van der Waals surface area contributed by atoms with Gasteiger partial charge < -0.3 is 9.64 Å². The van der Waals surface area contributed by atoms with E-state index in [1.165, 1.54) is 28.9 Å². The average Bonchev–Trinajstić information content (AvgIpc) is 2.98. The van der Waals surface area contributed by atoms with Gasteiger partial charge in [0.25, 0.3) is 5.78 Å². The third-order valence-corrected chi connectivity index (χ3v) is 4.79. The lowest BCUT2D eigenvalue weighted by Crippen LogP contribution is -2.36. The minimum Gasteiger partial charge on any atom is -0.351 e. The number of aromatic nitrogens is 2. The van der Waals surface area contributed by atoms with Crippen molar-refractivity contribution in [3.63, 3.8) is 0 Å². The fourth-order valence-corrected chi connectivity index (χ4v) is 3.69. The van der Waals surface area contributed by atoms with Crippen LogP contribution in [0.2, 0.25) is 0 Å². The summed E-state index contributed by atoms with van der Waals surface area (Å²) in [5, 5.41) is 4.40. The molecule has 0 bridgehead atoms. The van der Waals surface area contributed by atoms with Crippen molar-refractivity contribution in [3.05, 3.63) is 35.5 Å². The van der Waals surface area contributed by atoms with Crippen molar-refractivity contribution in [1.82, 2.24) is 9.78 Å². The number of carbonyl (C=O) groups is 1. The predicted molar refractivity (Wildman–Crippen MR) is 91.8 cm³/mol. The van der Waals surface area contributed by atoms with Gasteiger partial charge >= 0.3 is 12.4 Å². The van der Waals surface area contributed by atoms with Gasteiger partial charge in [-0.3, -0.25) is 9.48 Å². The van der Waals surface area contributed by atoms with Crippen LogP contribution in [0.3, 0.4) is 0 Å². The molecule has 5 nitrogen and oxygen atoms in total. The van der Waals surface area contributed by atoms with E-state index >= 15 is 0 Å². The fraction of sp³-hybridized carbons (Fsp3) is 0.333. The standard InChI is InChI=1S/C18H13F6N3O2/c1-26-7-29-16(18(22,23)24)10-4-3-9-12(14(10)26)11(15(28)17(19,20)21)5-8-6-27(2)25-13(8)9/h3-6,16H,7H2,1-2H3. The van der Waals surface area contributed by atoms with Crippen LogP contribution in [-0.4, -0.2) is 41.7 Å². The van der Waals surface area contributed by atoms with Crippen LogP contribution in [0.15, 0.2) is 24.4 Å². The first-order valence-corrected chi connectivity index (χ1v) is 8.33. The summed E-state index contributed by atoms with van der Waals surface area (Å²) in [4.78, 5) is 13.4. The number of ether oxygens (including phenoxy) is 1. The van der Waals surface area contributed by atoms with E-state index in [9.17, 15) is 31.1 Å². The topological polar surface area (TPSA) is 47.4 Å². The molecule has 4 rings (SSSR count). The SMILES string of the molecule is CN1COC(C(F)(F)F)c2ccc3c(c(C(=O)C(F)(F)F)cc4cn(C)nc43)c21. The van der Waals surface area contributed by atoms with Crippen molar-refractivity contribution >= 4 is 33.1 Å². The van der Waals surface area contributed by atoms with Crippen molar-refractivity contribution in [1.29, 1.82) is 0 Å². The minimum absolute atomic E-state index is 0.128. The first-order chi connectivity index (χ1) is 13.4. The zero-order valence-electron chi connectivity index (χ0n) is 15.0. The molecule has 0 spiro atoms. The summed E-state index contributed by atoms with van der Waals surface area (Å²) < 4.78 is 86.4. The normalized spacial score (nSPS) is 17.8. The van der Waals surface area contributed by atoms with Gasteiger partial charge in [-0.1, -0.05) is 12.1 Å². The summed E-state index contributed by atoms with van der Waals surface area (Å²) in [6.45, 7) is -0.504. The van der Waals surface area contributed by atoms with Gasteiger partial charge in [-0.15, -0.1) is 0 Å². The van der Waals surface area contributed by atoms with Gasteiger partial charge in [0.15, 0.2) is 6.10 Å². The van der Waals surface area contributed by atoms with E-state index in [1.54, 1.807) is 7.05 Å². The molecule has 1 aliphatic rings. The van der Waals surface area contributed by atoms with E-state index in [0.29, 0.717) is 0 Å². The van der Waals surface area contributed by atoms with Crippen molar-refractivity contribution in [2.75, 3.05) is 18.7 Å². The highest BCUT2D eigenvalue weighted by molar-refractivity contribution is 6.21. The van der Waals surface area contributed by atoms with E-state index < -0.39 is 36.5 Å². The maximum atomic E-state index is 13.4. The highest BCUT2D eigenvalue weighted by Crippen LogP contribution is 2.48. The van der Waals surface area contributed by atoms with E-state index in [1.807, 2.05) is 0 Å². The van der Waals surface area contributed by atoms with E-state index in [4.69, 9.17) is 4.74 Å². The predicted octanol–water partition coefficient (Wildman–Crippen LogP) is 4.50. The Bertz CT molecular complexity index is 1150. The number of Topliss-reactive ketones (excluding diaryl/α,β-unsaturated/α-hetero) is 1. The number of rotatable bonds is 1. The number of nitrogens with zero attached hydrogens (tertiary/aromatic N) is 3. The smallest absolute Gasteiger partial charge is 0.351 e. The Morgan fingerprint density at radius 1 is 1.17 bits per heavy atom. The maximum Gasteiger partial charge on any atom is 0.454 e. The monoisotopic (exact) mass is 417 g/mol. The van der Waals surface area contributed by atoms with Crippen molar-refractivity contribution in [3.8, 4) is 0 Å². The molecule has 3 aromatic rings. The molecule has 0 fully saturated rings. The first-order valence-electron chi connectivity index (χ1n) is 8.33. The molecule has 0 amide bonds. The van der Waals surface area contributed by atoms with E-state index in [2.05, 4.69) is 5.10 Å². The number of hydrogen-bond acceptors (Lipinski definition) is 4.